The van der Waals surface area contributed by atoms with Crippen molar-refractivity contribution in [1.29, 1.82) is 0 Å². The Morgan fingerprint density at radius 1 is 0.972 bits per heavy atom. The molecular weight excluding hydrogens is 464 g/mol. The summed E-state index contributed by atoms with van der Waals surface area (Å²) in [4.78, 5) is 26.9. The maximum absolute atomic E-state index is 13.5. The highest BCUT2D eigenvalue weighted by Gasteiger charge is 2.42. The van der Waals surface area contributed by atoms with E-state index >= 15 is 0 Å². The summed E-state index contributed by atoms with van der Waals surface area (Å²) in [5.74, 6) is 0.852. The van der Waals surface area contributed by atoms with E-state index in [0.717, 1.165) is 22.4 Å². The molecule has 190 valence electrons. The van der Waals surface area contributed by atoms with E-state index in [0.29, 0.717) is 28.8 Å². The number of nitrogens with one attached hydrogen (secondary N) is 2. The van der Waals surface area contributed by atoms with Gasteiger partial charge in [-0.1, -0.05) is 17.7 Å². The summed E-state index contributed by atoms with van der Waals surface area (Å²) in [5, 5.41) is 10.4. The Labute approximate surface area is 209 Å². The van der Waals surface area contributed by atoms with E-state index in [2.05, 4.69) is 15.7 Å². The van der Waals surface area contributed by atoms with Crippen LogP contribution in [0.1, 0.15) is 38.7 Å². The highest BCUT2D eigenvalue weighted by molar-refractivity contribution is 6.04. The number of benzene rings is 2. The second-order valence-corrected chi connectivity index (χ2v) is 8.55. The van der Waals surface area contributed by atoms with E-state index in [9.17, 15) is 9.59 Å². The number of aryl methyl sites for hydroxylation is 3. The van der Waals surface area contributed by atoms with Gasteiger partial charge in [-0.05, 0) is 32.0 Å². The van der Waals surface area contributed by atoms with Gasteiger partial charge in [0.2, 0.25) is 11.7 Å². The summed E-state index contributed by atoms with van der Waals surface area (Å²) < 4.78 is 23.4. The normalized spacial score (nSPS) is 16.6. The van der Waals surface area contributed by atoms with Crippen LogP contribution in [0.2, 0.25) is 0 Å². The first-order chi connectivity index (χ1) is 17.2. The van der Waals surface area contributed by atoms with Gasteiger partial charge in [0.15, 0.2) is 11.5 Å². The van der Waals surface area contributed by atoms with E-state index in [1.54, 1.807) is 31.0 Å². The molecule has 2 amide bonds. The Kier molecular flexibility index (Phi) is 6.78. The second kappa shape index (κ2) is 9.80. The van der Waals surface area contributed by atoms with Crippen LogP contribution in [-0.4, -0.2) is 56.1 Å². The molecule has 0 radical (unpaired) electrons. The van der Waals surface area contributed by atoms with E-state index in [1.807, 2.05) is 32.0 Å². The lowest BCUT2D eigenvalue weighted by molar-refractivity contribution is -0.118. The number of anilines is 1. The van der Waals surface area contributed by atoms with Gasteiger partial charge >= 0.3 is 0 Å². The zero-order chi connectivity index (χ0) is 26.1. The van der Waals surface area contributed by atoms with Crippen molar-refractivity contribution in [2.45, 2.75) is 25.8 Å². The number of aromatic nitrogens is 2. The van der Waals surface area contributed by atoms with Gasteiger partial charge in [0.05, 0.1) is 34.1 Å². The Morgan fingerprint density at radius 2 is 1.61 bits per heavy atom. The third kappa shape index (κ3) is 4.19. The third-order valence-corrected chi connectivity index (χ3v) is 6.37. The van der Waals surface area contributed by atoms with Crippen molar-refractivity contribution in [1.82, 2.24) is 15.1 Å². The molecule has 0 aliphatic carbocycles. The standard InChI is InChI=1S/C26H30N4O6/c1-13-8-9-17(33-4)16(10-13)21-20-14(2)29-30(3)24(20)28-26(32)22(21)27-25(31)15-11-18(34-5)23(36-7)19(12-15)35-6/h8-12,21-22H,1-7H3,(H,27,31)(H,28,32)/t21-,22+/m1/s1. The van der Waals surface area contributed by atoms with Crippen molar-refractivity contribution in [2.75, 3.05) is 33.8 Å². The van der Waals surface area contributed by atoms with Crippen molar-refractivity contribution in [3.63, 3.8) is 0 Å². The fourth-order valence-corrected chi connectivity index (χ4v) is 4.73. The molecule has 0 saturated heterocycles. The van der Waals surface area contributed by atoms with Gasteiger partial charge in [0, 0.05) is 29.7 Å². The van der Waals surface area contributed by atoms with Gasteiger partial charge in [0.25, 0.3) is 5.91 Å². The van der Waals surface area contributed by atoms with Crippen LogP contribution in [0, 0.1) is 13.8 Å². The highest BCUT2D eigenvalue weighted by Crippen LogP contribution is 2.43. The number of amides is 2. The number of ether oxygens (including phenoxy) is 4. The first-order valence-corrected chi connectivity index (χ1v) is 11.3. The Morgan fingerprint density at radius 3 is 2.19 bits per heavy atom. The zero-order valence-corrected chi connectivity index (χ0v) is 21.4. The van der Waals surface area contributed by atoms with Crippen molar-refractivity contribution in [3.05, 3.63) is 58.3 Å². The van der Waals surface area contributed by atoms with Crippen LogP contribution in [0.5, 0.6) is 23.0 Å². The quantitative estimate of drug-likeness (QED) is 0.519. The lowest BCUT2D eigenvalue weighted by Gasteiger charge is -2.33. The maximum Gasteiger partial charge on any atom is 0.252 e. The molecule has 1 aliphatic rings. The Bertz CT molecular complexity index is 1310. The minimum absolute atomic E-state index is 0.251. The van der Waals surface area contributed by atoms with Gasteiger partial charge in [-0.3, -0.25) is 14.3 Å². The molecular formula is C26H30N4O6. The van der Waals surface area contributed by atoms with Gasteiger partial charge in [-0.25, -0.2) is 0 Å². The first-order valence-electron chi connectivity index (χ1n) is 11.3. The van der Waals surface area contributed by atoms with Gasteiger partial charge < -0.3 is 29.6 Å². The molecule has 36 heavy (non-hydrogen) atoms. The second-order valence-electron chi connectivity index (χ2n) is 8.55. The van der Waals surface area contributed by atoms with Crippen molar-refractivity contribution >= 4 is 17.6 Å². The Balaban J connectivity index is 1.83. The van der Waals surface area contributed by atoms with E-state index in [1.165, 1.54) is 21.3 Å². The topological polar surface area (TPSA) is 113 Å². The number of hydrogen-bond acceptors (Lipinski definition) is 7. The smallest absolute Gasteiger partial charge is 0.252 e. The highest BCUT2D eigenvalue weighted by atomic mass is 16.5. The number of rotatable bonds is 7. The number of carbonyl (C=O) groups excluding carboxylic acids is 2. The molecule has 0 spiro atoms. The third-order valence-electron chi connectivity index (χ3n) is 6.37. The molecule has 0 bridgehead atoms. The van der Waals surface area contributed by atoms with Crippen molar-refractivity contribution in [2.24, 2.45) is 7.05 Å². The maximum atomic E-state index is 13.5. The lowest BCUT2D eigenvalue weighted by atomic mass is 9.81. The first kappa shape index (κ1) is 24.9. The molecule has 2 aromatic carbocycles. The van der Waals surface area contributed by atoms with Crippen LogP contribution in [0.15, 0.2) is 30.3 Å². The van der Waals surface area contributed by atoms with Gasteiger partial charge in [0.1, 0.15) is 17.6 Å². The number of hydrogen-bond donors (Lipinski definition) is 2. The van der Waals surface area contributed by atoms with Gasteiger partial charge in [-0.15, -0.1) is 0 Å². The average Bonchev–Trinajstić information content (AvgIpc) is 3.15. The molecule has 2 atom stereocenters. The molecule has 3 aromatic rings. The van der Waals surface area contributed by atoms with Crippen LogP contribution < -0.4 is 29.6 Å². The minimum atomic E-state index is -0.942. The molecule has 2 N–H and O–H groups in total. The fraction of sp³-hybridized carbons (Fsp3) is 0.346. The van der Waals surface area contributed by atoms with Crippen LogP contribution in [0.3, 0.4) is 0 Å². The van der Waals surface area contributed by atoms with Crippen molar-refractivity contribution in [3.8, 4) is 23.0 Å². The molecule has 0 unspecified atom stereocenters. The summed E-state index contributed by atoms with van der Waals surface area (Å²) in [5.41, 5.74) is 3.58. The molecule has 4 rings (SSSR count). The predicted octanol–water partition coefficient (Wildman–Crippen LogP) is 2.95. The van der Waals surface area contributed by atoms with Gasteiger partial charge in [-0.2, -0.15) is 5.10 Å². The number of methoxy groups -OCH3 is 4. The summed E-state index contributed by atoms with van der Waals surface area (Å²) in [7, 11) is 7.78. The molecule has 0 saturated carbocycles. The van der Waals surface area contributed by atoms with E-state index in [-0.39, 0.29) is 11.5 Å². The van der Waals surface area contributed by atoms with E-state index in [4.69, 9.17) is 18.9 Å². The molecule has 1 aromatic heterocycles. The minimum Gasteiger partial charge on any atom is -0.496 e. The summed E-state index contributed by atoms with van der Waals surface area (Å²) in [6.45, 7) is 3.84. The Hall–Kier alpha value is -4.21. The number of carbonyl (C=O) groups is 2. The fourth-order valence-electron chi connectivity index (χ4n) is 4.73. The van der Waals surface area contributed by atoms with Crippen LogP contribution in [-0.2, 0) is 11.8 Å². The molecule has 1 aliphatic heterocycles. The average molecular weight is 495 g/mol. The van der Waals surface area contributed by atoms with Crippen LogP contribution in [0.4, 0.5) is 5.82 Å². The van der Waals surface area contributed by atoms with Crippen LogP contribution in [0.25, 0.3) is 0 Å². The summed E-state index contributed by atoms with van der Waals surface area (Å²) in [6, 6.07) is 7.91. The summed E-state index contributed by atoms with van der Waals surface area (Å²) in [6.07, 6.45) is 0. The number of fused-ring (bicyclic) bond motifs is 1. The molecule has 2 heterocycles. The molecule has 0 fully saturated rings. The van der Waals surface area contributed by atoms with E-state index < -0.39 is 17.9 Å². The monoisotopic (exact) mass is 494 g/mol. The SMILES string of the molecule is COc1ccc(C)cc1[C@@H]1c2c(C)nn(C)c2NC(=O)[C@H]1NC(=O)c1cc(OC)c(OC)c(OC)c1. The van der Waals surface area contributed by atoms with Crippen molar-refractivity contribution < 1.29 is 28.5 Å². The zero-order valence-electron chi connectivity index (χ0n) is 21.4. The predicted molar refractivity (Wildman–Crippen MR) is 134 cm³/mol. The molecule has 10 nitrogen and oxygen atoms in total. The summed E-state index contributed by atoms with van der Waals surface area (Å²) >= 11 is 0. The van der Waals surface area contributed by atoms with Crippen LogP contribution >= 0.6 is 0 Å². The lowest BCUT2D eigenvalue weighted by Crippen LogP contribution is -2.50. The largest absolute Gasteiger partial charge is 0.496 e. The molecule has 10 heteroatoms. The number of nitrogens with zero attached hydrogens (tertiary/aromatic N) is 2.